The molecule has 0 bridgehead atoms. The minimum Gasteiger partial charge on any atom is -0.325 e. The first-order valence-corrected chi connectivity index (χ1v) is 11.7. The Morgan fingerprint density at radius 3 is 2.43 bits per heavy atom. The van der Waals surface area contributed by atoms with Crippen LogP contribution < -0.4 is 14.8 Å². The fourth-order valence-corrected chi connectivity index (χ4v) is 5.71. The number of hydrogen-bond acceptors (Lipinski definition) is 3. The van der Waals surface area contributed by atoms with Gasteiger partial charge in [0.05, 0.1) is 0 Å². The number of quaternary nitrogens is 1. The highest BCUT2D eigenvalue weighted by atomic mass is 35.5. The van der Waals surface area contributed by atoms with Crippen LogP contribution in [-0.4, -0.2) is 52.0 Å². The monoisotopic (exact) mass is 422 g/mol. The molecule has 150 valence electrons. The van der Waals surface area contributed by atoms with E-state index in [1.807, 2.05) is 24.3 Å². The summed E-state index contributed by atoms with van der Waals surface area (Å²) in [6.45, 7) is 6.17. The highest BCUT2D eigenvalue weighted by molar-refractivity contribution is 7.89. The molecule has 0 amide bonds. The van der Waals surface area contributed by atoms with E-state index in [0.29, 0.717) is 18.0 Å². The number of rotatable bonds is 5. The Hall–Kier alpha value is -1.67. The predicted molar refractivity (Wildman–Crippen MR) is 109 cm³/mol. The van der Waals surface area contributed by atoms with Crippen LogP contribution in [0.25, 0.3) is 0 Å². The molecule has 0 atom stereocenters. The average molecular weight is 423 g/mol. The number of nitrogens with zero attached hydrogens (tertiary/aromatic N) is 2. The third kappa shape index (κ3) is 4.33. The largest absolute Gasteiger partial charge is 0.325 e. The number of H-pyrrole nitrogens is 1. The maximum absolute atomic E-state index is 12.6. The Bertz CT molecular complexity index is 906. The zero-order valence-corrected chi connectivity index (χ0v) is 17.5. The number of sulfonamides is 1. The van der Waals surface area contributed by atoms with E-state index in [1.165, 1.54) is 10.5 Å². The molecular weight excluding hydrogens is 396 g/mol. The van der Waals surface area contributed by atoms with E-state index in [-0.39, 0.29) is 0 Å². The molecule has 0 unspecified atom stereocenters. The fraction of sp³-hybridized carbons (Fsp3) is 0.450. The van der Waals surface area contributed by atoms with Crippen LogP contribution >= 0.6 is 11.6 Å². The van der Waals surface area contributed by atoms with Crippen molar-refractivity contribution in [1.82, 2.24) is 4.31 Å². The van der Waals surface area contributed by atoms with Crippen molar-refractivity contribution < 1.29 is 18.3 Å². The number of nitrogens with one attached hydrogen (secondary N) is 2. The van der Waals surface area contributed by atoms with Crippen LogP contribution in [0.5, 0.6) is 0 Å². The number of anilines is 1. The molecule has 2 saturated heterocycles. The average Bonchev–Trinajstić information content (AvgIpc) is 3.25. The number of aromatic nitrogens is 1. The Morgan fingerprint density at radius 2 is 1.79 bits per heavy atom. The first-order chi connectivity index (χ1) is 13.5. The Labute approximate surface area is 171 Å². The molecule has 6 nitrogen and oxygen atoms in total. The lowest BCUT2D eigenvalue weighted by atomic mass is 10.2. The molecule has 3 heterocycles. The van der Waals surface area contributed by atoms with Crippen LogP contribution in [0, 0.1) is 0 Å². The van der Waals surface area contributed by atoms with Crippen LogP contribution in [0.3, 0.4) is 0 Å². The van der Waals surface area contributed by atoms with Crippen molar-refractivity contribution in [3.8, 4) is 0 Å². The van der Waals surface area contributed by atoms with E-state index in [4.69, 9.17) is 11.6 Å². The molecule has 4 rings (SSSR count). The van der Waals surface area contributed by atoms with Crippen molar-refractivity contribution in [2.75, 3.05) is 44.2 Å². The highest BCUT2D eigenvalue weighted by Crippen LogP contribution is 2.20. The quantitative estimate of drug-likeness (QED) is 0.777. The van der Waals surface area contributed by atoms with Gasteiger partial charge in [-0.15, -0.1) is 0 Å². The topological polar surface area (TPSA) is 59.2 Å². The molecular formula is C20H27ClN4O2S+2. The second-order valence-electron chi connectivity index (χ2n) is 7.56. The standard InChI is InChI=1S/C20H25ClN4O2S/c21-18-5-3-4-17(14-18)16-23-10-12-24(13-11-23)20-7-6-19(15-22-20)28(26,27)25-8-1-2-9-25/h3-7,14-15H,1-2,8-13,16H2/p+2. The van der Waals surface area contributed by atoms with Gasteiger partial charge in [-0.05, 0) is 31.0 Å². The maximum Gasteiger partial charge on any atom is 0.274 e. The van der Waals surface area contributed by atoms with Crippen molar-refractivity contribution in [2.45, 2.75) is 24.3 Å². The van der Waals surface area contributed by atoms with Crippen LogP contribution in [0.1, 0.15) is 18.4 Å². The molecule has 2 fully saturated rings. The summed E-state index contributed by atoms with van der Waals surface area (Å²) in [5, 5.41) is 0.786. The van der Waals surface area contributed by atoms with Crippen molar-refractivity contribution in [1.29, 1.82) is 0 Å². The second kappa shape index (κ2) is 8.37. The van der Waals surface area contributed by atoms with Gasteiger partial charge in [-0.2, -0.15) is 4.31 Å². The number of piperazine rings is 1. The van der Waals surface area contributed by atoms with Crippen LogP contribution in [0.15, 0.2) is 47.5 Å². The molecule has 2 aliphatic heterocycles. The molecule has 2 N–H and O–H groups in total. The summed E-state index contributed by atoms with van der Waals surface area (Å²) in [6, 6.07) is 11.7. The summed E-state index contributed by atoms with van der Waals surface area (Å²) >= 11 is 6.08. The number of hydrogen-bond donors (Lipinski definition) is 1. The van der Waals surface area contributed by atoms with E-state index < -0.39 is 10.0 Å². The van der Waals surface area contributed by atoms with Gasteiger partial charge >= 0.3 is 0 Å². The molecule has 1 aromatic carbocycles. The zero-order chi connectivity index (χ0) is 19.6. The molecule has 1 aromatic heterocycles. The Morgan fingerprint density at radius 1 is 1.04 bits per heavy atom. The lowest BCUT2D eigenvalue weighted by Crippen LogP contribution is -3.13. The highest BCUT2D eigenvalue weighted by Gasteiger charge is 2.30. The summed E-state index contributed by atoms with van der Waals surface area (Å²) in [5.74, 6) is 0.974. The minimum atomic E-state index is -3.36. The van der Waals surface area contributed by atoms with Gasteiger partial charge in [-0.25, -0.2) is 13.4 Å². The smallest absolute Gasteiger partial charge is 0.274 e. The SMILES string of the molecule is O=S(=O)(c1ccc(N2CC[NH+](Cc3cccc(Cl)c3)CC2)[nH+]c1)N1CCCC1. The van der Waals surface area contributed by atoms with E-state index >= 15 is 0 Å². The first-order valence-electron chi connectivity index (χ1n) is 9.87. The third-order valence-corrected chi connectivity index (χ3v) is 7.75. The molecule has 0 radical (unpaired) electrons. The summed E-state index contributed by atoms with van der Waals surface area (Å²) in [4.78, 5) is 7.37. The molecule has 2 aromatic rings. The Balaban J connectivity index is 1.36. The summed E-state index contributed by atoms with van der Waals surface area (Å²) in [7, 11) is -3.36. The van der Waals surface area contributed by atoms with Crippen LogP contribution in [0.4, 0.5) is 5.82 Å². The van der Waals surface area contributed by atoms with Gasteiger partial charge in [0.15, 0.2) is 0 Å². The zero-order valence-electron chi connectivity index (χ0n) is 15.9. The summed E-state index contributed by atoms with van der Waals surface area (Å²) in [6.07, 6.45) is 3.53. The molecule has 0 aliphatic carbocycles. The van der Waals surface area contributed by atoms with Gasteiger partial charge in [0.1, 0.15) is 43.8 Å². The van der Waals surface area contributed by atoms with Crippen LogP contribution in [0.2, 0.25) is 5.02 Å². The van der Waals surface area contributed by atoms with Gasteiger partial charge in [0, 0.05) is 29.7 Å². The third-order valence-electron chi connectivity index (χ3n) is 5.62. The number of halogens is 1. The van der Waals surface area contributed by atoms with E-state index in [1.54, 1.807) is 16.6 Å². The molecule has 28 heavy (non-hydrogen) atoms. The molecule has 0 spiro atoms. The van der Waals surface area contributed by atoms with Crippen molar-refractivity contribution in [3.05, 3.63) is 53.2 Å². The minimum absolute atomic E-state index is 0.350. The van der Waals surface area contributed by atoms with Crippen molar-refractivity contribution in [3.63, 3.8) is 0 Å². The molecule has 2 aliphatic rings. The second-order valence-corrected chi connectivity index (χ2v) is 9.94. The molecule has 8 heteroatoms. The summed E-state index contributed by atoms with van der Waals surface area (Å²) in [5.41, 5.74) is 1.26. The van der Waals surface area contributed by atoms with E-state index in [2.05, 4.69) is 16.0 Å². The maximum atomic E-state index is 12.6. The predicted octanol–water partition coefficient (Wildman–Crippen LogP) is 0.844. The summed E-state index contributed by atoms with van der Waals surface area (Å²) < 4.78 is 26.9. The normalized spacial score (nSPS) is 19.2. The van der Waals surface area contributed by atoms with Crippen LogP contribution in [-0.2, 0) is 16.6 Å². The lowest BCUT2D eigenvalue weighted by molar-refractivity contribution is -0.914. The molecule has 0 saturated carbocycles. The van der Waals surface area contributed by atoms with Crippen molar-refractivity contribution in [2.24, 2.45) is 0 Å². The van der Waals surface area contributed by atoms with Gasteiger partial charge in [0.2, 0.25) is 10.0 Å². The van der Waals surface area contributed by atoms with Gasteiger partial charge in [0.25, 0.3) is 5.82 Å². The van der Waals surface area contributed by atoms with Crippen molar-refractivity contribution >= 4 is 27.4 Å². The Kier molecular flexibility index (Phi) is 5.87. The number of aromatic amines is 1. The van der Waals surface area contributed by atoms with Gasteiger partial charge < -0.3 is 4.90 Å². The van der Waals surface area contributed by atoms with E-state index in [9.17, 15) is 8.42 Å². The lowest BCUT2D eigenvalue weighted by Gasteiger charge is -2.28. The fourth-order valence-electron chi connectivity index (χ4n) is 4.01. The number of benzene rings is 1. The van der Waals surface area contributed by atoms with Gasteiger partial charge in [-0.1, -0.05) is 23.7 Å². The number of pyridine rings is 1. The first kappa shape index (κ1) is 19.6. The van der Waals surface area contributed by atoms with E-state index in [0.717, 1.165) is 56.4 Å². The van der Waals surface area contributed by atoms with Gasteiger partial charge in [-0.3, -0.25) is 4.90 Å².